The van der Waals surface area contributed by atoms with Crippen molar-refractivity contribution in [1.82, 2.24) is 14.9 Å². The van der Waals surface area contributed by atoms with Crippen molar-refractivity contribution < 1.29 is 8.42 Å². The van der Waals surface area contributed by atoms with Gasteiger partial charge in [-0.05, 0) is 12.1 Å². The largest absolute Gasteiger partial charge is 0.314 e. The number of hydrogen-bond acceptors (Lipinski definition) is 4. The van der Waals surface area contributed by atoms with Crippen LogP contribution >= 0.6 is 23.2 Å². The molecule has 1 heterocycles. The van der Waals surface area contributed by atoms with Gasteiger partial charge in [0.15, 0.2) is 0 Å². The highest BCUT2D eigenvalue weighted by molar-refractivity contribution is 7.89. The van der Waals surface area contributed by atoms with Gasteiger partial charge >= 0.3 is 0 Å². The molecule has 0 atom stereocenters. The van der Waals surface area contributed by atoms with Crippen molar-refractivity contribution in [1.29, 1.82) is 0 Å². The van der Waals surface area contributed by atoms with Gasteiger partial charge in [-0.1, -0.05) is 29.3 Å². The van der Waals surface area contributed by atoms with E-state index in [-0.39, 0.29) is 14.9 Å². The fraction of sp³-hybridized carbons (Fsp3) is 0.500. The maximum atomic E-state index is 12.2. The van der Waals surface area contributed by atoms with Crippen molar-refractivity contribution in [3.05, 3.63) is 28.2 Å². The van der Waals surface area contributed by atoms with Gasteiger partial charge in [0, 0.05) is 39.3 Å². The molecular formula is C12H17Cl2N3O2S. The lowest BCUT2D eigenvalue weighted by molar-refractivity contribution is 0.245. The van der Waals surface area contributed by atoms with Crippen LogP contribution in [-0.4, -0.2) is 52.6 Å². The minimum Gasteiger partial charge on any atom is -0.314 e. The number of nitrogens with zero attached hydrogens (tertiary/aromatic N) is 1. The molecule has 1 saturated heterocycles. The van der Waals surface area contributed by atoms with E-state index in [0.717, 1.165) is 26.2 Å². The van der Waals surface area contributed by atoms with E-state index in [1.807, 2.05) is 0 Å². The monoisotopic (exact) mass is 337 g/mol. The van der Waals surface area contributed by atoms with E-state index in [4.69, 9.17) is 23.2 Å². The molecule has 0 amide bonds. The van der Waals surface area contributed by atoms with E-state index in [1.54, 1.807) is 6.07 Å². The molecule has 0 spiro atoms. The molecule has 112 valence electrons. The molecule has 0 unspecified atom stereocenters. The van der Waals surface area contributed by atoms with Crippen molar-refractivity contribution in [2.75, 3.05) is 39.3 Å². The Morgan fingerprint density at radius 1 is 1.20 bits per heavy atom. The topological polar surface area (TPSA) is 61.4 Å². The number of piperazine rings is 1. The molecule has 0 bridgehead atoms. The normalized spacial score (nSPS) is 17.3. The van der Waals surface area contributed by atoms with Crippen molar-refractivity contribution >= 4 is 33.2 Å². The SMILES string of the molecule is O=S(=O)(NCCN1CCNCC1)c1c(Cl)cccc1Cl. The Kier molecular flexibility index (Phi) is 5.65. The third kappa shape index (κ3) is 4.07. The van der Waals surface area contributed by atoms with E-state index < -0.39 is 10.0 Å². The van der Waals surface area contributed by atoms with Crippen molar-refractivity contribution in [2.45, 2.75) is 4.90 Å². The van der Waals surface area contributed by atoms with Gasteiger partial charge < -0.3 is 5.32 Å². The van der Waals surface area contributed by atoms with Crippen molar-refractivity contribution in [3.63, 3.8) is 0 Å². The Labute approximate surface area is 129 Å². The van der Waals surface area contributed by atoms with Gasteiger partial charge in [0.25, 0.3) is 0 Å². The van der Waals surface area contributed by atoms with Crippen LogP contribution in [0, 0.1) is 0 Å². The standard InChI is InChI=1S/C12H17Cl2N3O2S/c13-10-2-1-3-11(14)12(10)20(18,19)16-6-9-17-7-4-15-5-8-17/h1-3,15-16H,4-9H2. The fourth-order valence-electron chi connectivity index (χ4n) is 2.08. The summed E-state index contributed by atoms with van der Waals surface area (Å²) in [4.78, 5) is 2.15. The summed E-state index contributed by atoms with van der Waals surface area (Å²) in [5.74, 6) is 0. The number of nitrogens with one attached hydrogen (secondary N) is 2. The van der Waals surface area contributed by atoms with Gasteiger partial charge in [-0.2, -0.15) is 0 Å². The van der Waals surface area contributed by atoms with Crippen LogP contribution in [0.5, 0.6) is 0 Å². The van der Waals surface area contributed by atoms with E-state index in [2.05, 4.69) is 14.9 Å². The van der Waals surface area contributed by atoms with Crippen LogP contribution in [0.4, 0.5) is 0 Å². The minimum absolute atomic E-state index is 0.0522. The Balaban J connectivity index is 1.97. The molecule has 1 aliphatic heterocycles. The first kappa shape index (κ1) is 16.0. The number of halogens is 2. The summed E-state index contributed by atoms with van der Waals surface area (Å²) in [6, 6.07) is 4.64. The predicted molar refractivity (Wildman–Crippen MR) is 81.0 cm³/mol. The molecule has 20 heavy (non-hydrogen) atoms. The van der Waals surface area contributed by atoms with E-state index >= 15 is 0 Å². The fourth-order valence-corrected chi connectivity index (χ4v) is 4.25. The first-order chi connectivity index (χ1) is 9.50. The summed E-state index contributed by atoms with van der Waals surface area (Å²) in [5, 5.41) is 3.51. The van der Waals surface area contributed by atoms with Gasteiger partial charge in [-0.25, -0.2) is 13.1 Å². The molecule has 5 nitrogen and oxygen atoms in total. The van der Waals surface area contributed by atoms with E-state index in [0.29, 0.717) is 13.1 Å². The third-order valence-corrected chi connectivity index (χ3v) is 5.53. The number of sulfonamides is 1. The highest BCUT2D eigenvalue weighted by atomic mass is 35.5. The molecule has 0 radical (unpaired) electrons. The average Bonchev–Trinajstić information content (AvgIpc) is 2.39. The van der Waals surface area contributed by atoms with Gasteiger partial charge in [0.05, 0.1) is 10.0 Å². The summed E-state index contributed by atoms with van der Waals surface area (Å²) in [6.45, 7) is 4.72. The smallest absolute Gasteiger partial charge is 0.243 e. The number of rotatable bonds is 5. The Bertz CT molecular complexity index is 540. The zero-order valence-corrected chi connectivity index (χ0v) is 13.2. The van der Waals surface area contributed by atoms with Crippen molar-refractivity contribution in [3.8, 4) is 0 Å². The molecular weight excluding hydrogens is 321 g/mol. The molecule has 2 N–H and O–H groups in total. The molecule has 1 aromatic carbocycles. The highest BCUT2D eigenvalue weighted by Gasteiger charge is 2.21. The highest BCUT2D eigenvalue weighted by Crippen LogP contribution is 2.28. The third-order valence-electron chi connectivity index (χ3n) is 3.12. The zero-order chi connectivity index (χ0) is 14.6. The summed E-state index contributed by atoms with van der Waals surface area (Å²) in [5.41, 5.74) is 0. The lowest BCUT2D eigenvalue weighted by Crippen LogP contribution is -2.46. The second-order valence-corrected chi connectivity index (χ2v) is 7.06. The first-order valence-corrected chi connectivity index (χ1v) is 8.61. The molecule has 1 fully saturated rings. The summed E-state index contributed by atoms with van der Waals surface area (Å²) < 4.78 is 27.0. The Morgan fingerprint density at radius 2 is 1.80 bits per heavy atom. The van der Waals surface area contributed by atoms with Crippen LogP contribution in [0.1, 0.15) is 0 Å². The maximum Gasteiger partial charge on any atom is 0.243 e. The van der Waals surface area contributed by atoms with Crippen LogP contribution in [0.2, 0.25) is 10.0 Å². The van der Waals surface area contributed by atoms with Gasteiger partial charge in [-0.3, -0.25) is 4.90 Å². The minimum atomic E-state index is -3.68. The average molecular weight is 338 g/mol. The van der Waals surface area contributed by atoms with Crippen LogP contribution < -0.4 is 10.0 Å². The summed E-state index contributed by atoms with van der Waals surface area (Å²) in [6.07, 6.45) is 0. The lowest BCUT2D eigenvalue weighted by Gasteiger charge is -2.27. The van der Waals surface area contributed by atoms with Gasteiger partial charge in [0.1, 0.15) is 4.90 Å². The molecule has 1 aromatic rings. The van der Waals surface area contributed by atoms with Gasteiger partial charge in [-0.15, -0.1) is 0 Å². The van der Waals surface area contributed by atoms with Crippen LogP contribution in [0.15, 0.2) is 23.1 Å². The predicted octanol–water partition coefficient (Wildman–Crippen LogP) is 1.18. The first-order valence-electron chi connectivity index (χ1n) is 6.37. The second kappa shape index (κ2) is 7.06. The lowest BCUT2D eigenvalue weighted by atomic mass is 10.3. The summed E-state index contributed by atoms with van der Waals surface area (Å²) >= 11 is 11.8. The van der Waals surface area contributed by atoms with E-state index in [1.165, 1.54) is 12.1 Å². The Hall–Kier alpha value is -0.370. The second-order valence-electron chi connectivity index (χ2n) is 4.54. The number of hydrogen-bond donors (Lipinski definition) is 2. The summed E-state index contributed by atoms with van der Waals surface area (Å²) in [7, 11) is -3.68. The molecule has 0 saturated carbocycles. The van der Waals surface area contributed by atoms with Crippen molar-refractivity contribution in [2.24, 2.45) is 0 Å². The van der Waals surface area contributed by atoms with Crippen LogP contribution in [-0.2, 0) is 10.0 Å². The molecule has 1 aliphatic rings. The molecule has 2 rings (SSSR count). The number of benzene rings is 1. The van der Waals surface area contributed by atoms with E-state index in [9.17, 15) is 8.42 Å². The quantitative estimate of drug-likeness (QED) is 0.846. The molecule has 8 heteroatoms. The zero-order valence-electron chi connectivity index (χ0n) is 10.9. The molecule has 0 aliphatic carbocycles. The van der Waals surface area contributed by atoms with Crippen LogP contribution in [0.25, 0.3) is 0 Å². The maximum absolute atomic E-state index is 12.2. The molecule has 0 aromatic heterocycles. The Morgan fingerprint density at radius 3 is 2.40 bits per heavy atom. The van der Waals surface area contributed by atoms with Gasteiger partial charge in [0.2, 0.25) is 10.0 Å². The van der Waals surface area contributed by atoms with Crippen LogP contribution in [0.3, 0.4) is 0 Å².